The molecular formula is C12H23N. The van der Waals surface area contributed by atoms with E-state index in [0.29, 0.717) is 5.41 Å². The molecule has 0 radical (unpaired) electrons. The van der Waals surface area contributed by atoms with E-state index in [2.05, 4.69) is 46.5 Å². The lowest BCUT2D eigenvalue weighted by Gasteiger charge is -2.17. The SMILES string of the molecule is CC/C(C)=N/C=C(\C)CC(C)(C)C. The number of rotatable bonds is 3. The van der Waals surface area contributed by atoms with Crippen LogP contribution in [0.1, 0.15) is 54.4 Å². The second-order valence-electron chi connectivity index (χ2n) is 4.93. The van der Waals surface area contributed by atoms with Gasteiger partial charge in [0.15, 0.2) is 0 Å². The topological polar surface area (TPSA) is 12.4 Å². The molecule has 0 aromatic heterocycles. The first-order valence-electron chi connectivity index (χ1n) is 5.04. The first-order chi connectivity index (χ1) is 5.85. The highest BCUT2D eigenvalue weighted by Crippen LogP contribution is 2.23. The van der Waals surface area contributed by atoms with E-state index in [1.165, 1.54) is 11.3 Å². The van der Waals surface area contributed by atoms with Crippen molar-refractivity contribution in [3.05, 3.63) is 11.8 Å². The lowest BCUT2D eigenvalue weighted by Crippen LogP contribution is -2.04. The maximum absolute atomic E-state index is 4.38. The van der Waals surface area contributed by atoms with Crippen LogP contribution in [0.5, 0.6) is 0 Å². The van der Waals surface area contributed by atoms with E-state index in [-0.39, 0.29) is 0 Å². The van der Waals surface area contributed by atoms with Crippen molar-refractivity contribution in [1.29, 1.82) is 0 Å². The van der Waals surface area contributed by atoms with Gasteiger partial charge in [-0.1, -0.05) is 33.3 Å². The van der Waals surface area contributed by atoms with Crippen LogP contribution in [0.2, 0.25) is 0 Å². The summed E-state index contributed by atoms with van der Waals surface area (Å²) in [5.41, 5.74) is 2.93. The van der Waals surface area contributed by atoms with Crippen molar-refractivity contribution in [2.75, 3.05) is 0 Å². The summed E-state index contributed by atoms with van der Waals surface area (Å²) in [5.74, 6) is 0. The molecule has 0 bridgehead atoms. The van der Waals surface area contributed by atoms with Crippen molar-refractivity contribution in [3.8, 4) is 0 Å². The largest absolute Gasteiger partial charge is 0.266 e. The van der Waals surface area contributed by atoms with E-state index in [0.717, 1.165) is 12.8 Å². The molecule has 0 heterocycles. The van der Waals surface area contributed by atoms with Gasteiger partial charge in [-0.3, -0.25) is 4.99 Å². The zero-order valence-electron chi connectivity index (χ0n) is 9.94. The van der Waals surface area contributed by atoms with Crippen LogP contribution in [0, 0.1) is 5.41 Å². The fourth-order valence-corrected chi connectivity index (χ4v) is 1.19. The molecule has 0 aliphatic carbocycles. The molecule has 0 N–H and O–H groups in total. The molecule has 0 fully saturated rings. The van der Waals surface area contributed by atoms with Gasteiger partial charge in [0.2, 0.25) is 0 Å². The van der Waals surface area contributed by atoms with Crippen LogP contribution in [-0.4, -0.2) is 5.71 Å². The molecule has 0 aliphatic heterocycles. The molecule has 1 nitrogen and oxygen atoms in total. The summed E-state index contributed by atoms with van der Waals surface area (Å²) in [4.78, 5) is 4.38. The summed E-state index contributed by atoms with van der Waals surface area (Å²) in [6.45, 7) is 13.1. The molecule has 0 aromatic carbocycles. The predicted molar refractivity (Wildman–Crippen MR) is 61.2 cm³/mol. The van der Waals surface area contributed by atoms with Gasteiger partial charge in [0.25, 0.3) is 0 Å². The fourth-order valence-electron chi connectivity index (χ4n) is 1.19. The van der Waals surface area contributed by atoms with Crippen LogP contribution in [0.25, 0.3) is 0 Å². The highest BCUT2D eigenvalue weighted by atomic mass is 14.7. The lowest BCUT2D eigenvalue weighted by molar-refractivity contribution is 0.409. The minimum atomic E-state index is 0.371. The Morgan fingerprint density at radius 2 is 1.77 bits per heavy atom. The van der Waals surface area contributed by atoms with Gasteiger partial charge < -0.3 is 0 Å². The summed E-state index contributed by atoms with van der Waals surface area (Å²) < 4.78 is 0. The van der Waals surface area contributed by atoms with Gasteiger partial charge in [0.1, 0.15) is 0 Å². The van der Waals surface area contributed by atoms with Crippen LogP contribution in [0.15, 0.2) is 16.8 Å². The van der Waals surface area contributed by atoms with Crippen molar-refractivity contribution in [2.24, 2.45) is 10.4 Å². The molecule has 0 aliphatic rings. The summed E-state index contributed by atoms with van der Waals surface area (Å²) in [7, 11) is 0. The Bertz CT molecular complexity index is 204. The predicted octanol–water partition coefficient (Wildman–Crippen LogP) is 4.20. The van der Waals surface area contributed by atoms with Crippen LogP contribution in [0.3, 0.4) is 0 Å². The fraction of sp³-hybridized carbons (Fsp3) is 0.750. The van der Waals surface area contributed by atoms with Crippen LogP contribution in [0.4, 0.5) is 0 Å². The number of aliphatic imine (C=N–C) groups is 1. The van der Waals surface area contributed by atoms with Crippen molar-refractivity contribution in [3.63, 3.8) is 0 Å². The van der Waals surface area contributed by atoms with Gasteiger partial charge in [0.05, 0.1) is 0 Å². The molecule has 0 saturated carbocycles. The zero-order valence-corrected chi connectivity index (χ0v) is 9.94. The third-order valence-electron chi connectivity index (χ3n) is 1.83. The highest BCUT2D eigenvalue weighted by molar-refractivity contribution is 5.82. The van der Waals surface area contributed by atoms with E-state index in [4.69, 9.17) is 0 Å². The number of nitrogens with zero attached hydrogens (tertiary/aromatic N) is 1. The highest BCUT2D eigenvalue weighted by Gasteiger charge is 2.09. The van der Waals surface area contributed by atoms with Crippen molar-refractivity contribution in [2.45, 2.75) is 54.4 Å². The number of allylic oxidation sites excluding steroid dienone is 1. The lowest BCUT2D eigenvalue weighted by atomic mass is 9.89. The summed E-state index contributed by atoms with van der Waals surface area (Å²) in [6, 6.07) is 0. The first-order valence-corrected chi connectivity index (χ1v) is 5.04. The first kappa shape index (κ1) is 12.4. The maximum atomic E-state index is 4.38. The Kier molecular flexibility index (Phi) is 4.97. The Labute approximate surface area is 83.0 Å². The van der Waals surface area contributed by atoms with E-state index in [1.54, 1.807) is 0 Å². The molecule has 0 saturated heterocycles. The Balaban J connectivity index is 4.19. The maximum Gasteiger partial charge on any atom is 0.0256 e. The molecule has 0 aromatic rings. The Morgan fingerprint density at radius 3 is 2.15 bits per heavy atom. The monoisotopic (exact) mass is 181 g/mol. The van der Waals surface area contributed by atoms with Crippen molar-refractivity contribution < 1.29 is 0 Å². The quantitative estimate of drug-likeness (QED) is 0.579. The zero-order chi connectivity index (χ0) is 10.5. The van der Waals surface area contributed by atoms with Crippen LogP contribution < -0.4 is 0 Å². The molecule has 0 unspecified atom stereocenters. The van der Waals surface area contributed by atoms with Gasteiger partial charge in [-0.2, -0.15) is 0 Å². The summed E-state index contributed by atoms with van der Waals surface area (Å²) >= 11 is 0. The Morgan fingerprint density at radius 1 is 1.23 bits per heavy atom. The third kappa shape index (κ3) is 7.76. The average molecular weight is 181 g/mol. The standard InChI is InChI=1S/C12H23N/c1-7-11(3)13-9-10(2)8-12(4,5)6/h9H,7-8H2,1-6H3/b10-9+,13-11+. The van der Waals surface area contributed by atoms with Gasteiger partial charge in [-0.15, -0.1) is 0 Å². The molecule has 76 valence electrons. The third-order valence-corrected chi connectivity index (χ3v) is 1.83. The minimum absolute atomic E-state index is 0.371. The van der Waals surface area contributed by atoms with Crippen molar-refractivity contribution in [1.82, 2.24) is 0 Å². The van der Waals surface area contributed by atoms with Crippen LogP contribution >= 0.6 is 0 Å². The minimum Gasteiger partial charge on any atom is -0.266 e. The molecule has 0 amide bonds. The van der Waals surface area contributed by atoms with Gasteiger partial charge in [-0.05, 0) is 32.1 Å². The number of hydrogen-bond donors (Lipinski definition) is 0. The number of hydrogen-bond acceptors (Lipinski definition) is 1. The molecular weight excluding hydrogens is 158 g/mol. The van der Waals surface area contributed by atoms with E-state index >= 15 is 0 Å². The van der Waals surface area contributed by atoms with E-state index in [1.807, 2.05) is 6.20 Å². The van der Waals surface area contributed by atoms with Gasteiger partial charge >= 0.3 is 0 Å². The Hall–Kier alpha value is -0.590. The molecule has 0 spiro atoms. The van der Waals surface area contributed by atoms with Gasteiger partial charge in [-0.25, -0.2) is 0 Å². The smallest absolute Gasteiger partial charge is 0.0256 e. The van der Waals surface area contributed by atoms with E-state index < -0.39 is 0 Å². The summed E-state index contributed by atoms with van der Waals surface area (Å²) in [5, 5.41) is 0. The second kappa shape index (κ2) is 5.21. The van der Waals surface area contributed by atoms with Crippen LogP contribution in [-0.2, 0) is 0 Å². The van der Waals surface area contributed by atoms with Gasteiger partial charge in [0, 0.05) is 11.9 Å². The molecule has 0 atom stereocenters. The van der Waals surface area contributed by atoms with E-state index in [9.17, 15) is 0 Å². The second-order valence-corrected chi connectivity index (χ2v) is 4.93. The average Bonchev–Trinajstić information content (AvgIpc) is 1.97. The normalized spacial score (nSPS) is 14.9. The summed E-state index contributed by atoms with van der Waals surface area (Å²) in [6.07, 6.45) is 4.16. The molecule has 13 heavy (non-hydrogen) atoms. The molecule has 1 heteroatoms. The van der Waals surface area contributed by atoms with Crippen molar-refractivity contribution >= 4 is 5.71 Å². The molecule has 0 rings (SSSR count).